The van der Waals surface area contributed by atoms with E-state index in [4.69, 9.17) is 0 Å². The molecule has 1 heterocycles. The molecule has 0 N–H and O–H groups in total. The Morgan fingerprint density at radius 1 is 1.55 bits per heavy atom. The van der Waals surface area contributed by atoms with Crippen LogP contribution in [0.4, 0.5) is 0 Å². The van der Waals surface area contributed by atoms with E-state index in [0.717, 1.165) is 5.33 Å². The van der Waals surface area contributed by atoms with Gasteiger partial charge in [0.25, 0.3) is 0 Å². The molecule has 1 aromatic heterocycles. The molecule has 0 aromatic carbocycles. The van der Waals surface area contributed by atoms with Gasteiger partial charge in [0, 0.05) is 23.1 Å². The maximum absolute atomic E-state index is 4.08. The van der Waals surface area contributed by atoms with Crippen LogP contribution in [0.1, 0.15) is 19.4 Å². The average molecular weight is 214 g/mol. The maximum Gasteiger partial charge on any atom is 0.0305 e. The summed E-state index contributed by atoms with van der Waals surface area (Å²) in [6.07, 6.45) is 3.72. The quantitative estimate of drug-likeness (QED) is 0.689. The molecule has 0 aliphatic heterocycles. The molecule has 0 bridgehead atoms. The van der Waals surface area contributed by atoms with Gasteiger partial charge in [-0.25, -0.2) is 0 Å². The van der Waals surface area contributed by atoms with Crippen molar-refractivity contribution in [3.05, 3.63) is 30.1 Å². The van der Waals surface area contributed by atoms with E-state index >= 15 is 0 Å². The lowest BCUT2D eigenvalue weighted by atomic mass is 9.88. The summed E-state index contributed by atoms with van der Waals surface area (Å²) in [5, 5.41) is 0.964. The first-order valence-corrected chi connectivity index (χ1v) is 4.75. The number of halogens is 1. The minimum atomic E-state index is 0.189. The molecular weight excluding hydrogens is 202 g/mol. The van der Waals surface area contributed by atoms with Gasteiger partial charge in [-0.1, -0.05) is 35.8 Å². The largest absolute Gasteiger partial charge is 0.264 e. The van der Waals surface area contributed by atoms with Gasteiger partial charge in [-0.15, -0.1) is 0 Å². The number of nitrogens with zero attached hydrogens (tertiary/aromatic N) is 1. The lowest BCUT2D eigenvalue weighted by Crippen LogP contribution is -2.18. The molecule has 0 saturated carbocycles. The van der Waals surface area contributed by atoms with Gasteiger partial charge in [-0.05, 0) is 11.6 Å². The van der Waals surface area contributed by atoms with Crippen molar-refractivity contribution in [1.82, 2.24) is 4.98 Å². The lowest BCUT2D eigenvalue weighted by Gasteiger charge is -2.21. The van der Waals surface area contributed by atoms with Crippen molar-refractivity contribution in [3.8, 4) is 0 Å². The Bertz CT molecular complexity index is 218. The first kappa shape index (κ1) is 8.72. The van der Waals surface area contributed by atoms with Crippen LogP contribution in [0.5, 0.6) is 0 Å². The summed E-state index contributed by atoms with van der Waals surface area (Å²) in [4.78, 5) is 4.08. The number of aromatic nitrogens is 1. The molecule has 0 aliphatic rings. The molecule has 0 saturated heterocycles. The molecular formula is C9H12BrN. The highest BCUT2D eigenvalue weighted by atomic mass is 79.9. The summed E-state index contributed by atoms with van der Waals surface area (Å²) in [6, 6.07) is 4.08. The van der Waals surface area contributed by atoms with Crippen LogP contribution < -0.4 is 0 Å². The Balaban J connectivity index is 2.93. The minimum absolute atomic E-state index is 0.189. The summed E-state index contributed by atoms with van der Waals surface area (Å²) in [6.45, 7) is 4.39. The predicted molar refractivity (Wildman–Crippen MR) is 51.1 cm³/mol. The van der Waals surface area contributed by atoms with Crippen molar-refractivity contribution in [1.29, 1.82) is 0 Å². The second-order valence-corrected chi connectivity index (χ2v) is 3.82. The van der Waals surface area contributed by atoms with Crippen LogP contribution in [0, 0.1) is 0 Å². The van der Waals surface area contributed by atoms with E-state index in [0.29, 0.717) is 0 Å². The fourth-order valence-corrected chi connectivity index (χ4v) is 1.16. The summed E-state index contributed by atoms with van der Waals surface area (Å²) in [7, 11) is 0. The van der Waals surface area contributed by atoms with Crippen molar-refractivity contribution in [2.75, 3.05) is 5.33 Å². The molecule has 1 aromatic rings. The van der Waals surface area contributed by atoms with Gasteiger partial charge in [0.15, 0.2) is 0 Å². The highest BCUT2D eigenvalue weighted by molar-refractivity contribution is 9.09. The van der Waals surface area contributed by atoms with Gasteiger partial charge in [-0.2, -0.15) is 0 Å². The molecule has 0 atom stereocenters. The second kappa shape index (κ2) is 3.35. The molecule has 60 valence electrons. The van der Waals surface area contributed by atoms with Crippen molar-refractivity contribution < 1.29 is 0 Å². The van der Waals surface area contributed by atoms with E-state index < -0.39 is 0 Å². The van der Waals surface area contributed by atoms with Crippen LogP contribution in [0.25, 0.3) is 0 Å². The maximum atomic E-state index is 4.08. The number of pyridine rings is 1. The number of rotatable bonds is 2. The second-order valence-electron chi connectivity index (χ2n) is 3.26. The summed E-state index contributed by atoms with van der Waals surface area (Å²) >= 11 is 3.48. The van der Waals surface area contributed by atoms with E-state index in [1.54, 1.807) is 6.20 Å². The number of hydrogen-bond acceptors (Lipinski definition) is 1. The van der Waals surface area contributed by atoms with Crippen LogP contribution in [0.15, 0.2) is 24.5 Å². The molecule has 0 radical (unpaired) electrons. The Kier molecular flexibility index (Phi) is 2.66. The molecule has 0 aliphatic carbocycles. The Labute approximate surface area is 76.0 Å². The van der Waals surface area contributed by atoms with Crippen molar-refractivity contribution >= 4 is 15.9 Å². The van der Waals surface area contributed by atoms with Crippen LogP contribution in [0.2, 0.25) is 0 Å². The fraction of sp³-hybridized carbons (Fsp3) is 0.444. The standard InChI is InChI=1S/C9H12BrN/c1-9(2,7-10)8-4-3-5-11-6-8/h3-6H,7H2,1-2H3. The summed E-state index contributed by atoms with van der Waals surface area (Å²) in [5.74, 6) is 0. The van der Waals surface area contributed by atoms with E-state index in [1.165, 1.54) is 5.56 Å². The zero-order chi connectivity index (χ0) is 8.32. The highest BCUT2D eigenvalue weighted by Gasteiger charge is 2.18. The first-order valence-electron chi connectivity index (χ1n) is 3.63. The molecule has 0 amide bonds. The summed E-state index contributed by atoms with van der Waals surface area (Å²) < 4.78 is 0. The highest BCUT2D eigenvalue weighted by Crippen LogP contribution is 2.23. The van der Waals surface area contributed by atoms with Crippen molar-refractivity contribution in [2.45, 2.75) is 19.3 Å². The van der Waals surface area contributed by atoms with E-state index in [1.807, 2.05) is 12.3 Å². The van der Waals surface area contributed by atoms with E-state index in [9.17, 15) is 0 Å². The third-order valence-electron chi connectivity index (χ3n) is 1.78. The van der Waals surface area contributed by atoms with Crippen LogP contribution in [-0.4, -0.2) is 10.3 Å². The monoisotopic (exact) mass is 213 g/mol. The molecule has 11 heavy (non-hydrogen) atoms. The number of alkyl halides is 1. The normalized spacial score (nSPS) is 11.5. The Hall–Kier alpha value is -0.370. The molecule has 0 fully saturated rings. The molecule has 1 rings (SSSR count). The van der Waals surface area contributed by atoms with Gasteiger partial charge in [-0.3, -0.25) is 4.98 Å². The predicted octanol–water partition coefficient (Wildman–Crippen LogP) is 2.75. The topological polar surface area (TPSA) is 12.9 Å². The van der Waals surface area contributed by atoms with E-state index in [-0.39, 0.29) is 5.41 Å². The van der Waals surface area contributed by atoms with Crippen LogP contribution in [0.3, 0.4) is 0 Å². The number of hydrogen-bond donors (Lipinski definition) is 0. The Morgan fingerprint density at radius 3 is 2.73 bits per heavy atom. The average Bonchev–Trinajstić information content (AvgIpc) is 2.06. The molecule has 2 heteroatoms. The van der Waals surface area contributed by atoms with Crippen molar-refractivity contribution in [2.24, 2.45) is 0 Å². The fourth-order valence-electron chi connectivity index (χ4n) is 0.840. The van der Waals surface area contributed by atoms with Crippen molar-refractivity contribution in [3.63, 3.8) is 0 Å². The van der Waals surface area contributed by atoms with Gasteiger partial charge in [0.1, 0.15) is 0 Å². The Morgan fingerprint density at radius 2 is 2.27 bits per heavy atom. The third kappa shape index (κ3) is 2.03. The molecule has 1 nitrogen and oxygen atoms in total. The zero-order valence-electron chi connectivity index (χ0n) is 6.84. The van der Waals surface area contributed by atoms with Gasteiger partial charge >= 0.3 is 0 Å². The summed E-state index contributed by atoms with van der Waals surface area (Å²) in [5.41, 5.74) is 1.46. The third-order valence-corrected chi connectivity index (χ3v) is 3.18. The smallest absolute Gasteiger partial charge is 0.0305 e. The van der Waals surface area contributed by atoms with Crippen LogP contribution >= 0.6 is 15.9 Å². The SMILES string of the molecule is CC(C)(CBr)c1cccnc1. The van der Waals surface area contributed by atoms with Gasteiger partial charge in [0.2, 0.25) is 0 Å². The molecule has 0 spiro atoms. The zero-order valence-corrected chi connectivity index (χ0v) is 8.43. The van der Waals surface area contributed by atoms with Gasteiger partial charge < -0.3 is 0 Å². The minimum Gasteiger partial charge on any atom is -0.264 e. The first-order chi connectivity index (χ1) is 5.17. The van der Waals surface area contributed by atoms with Gasteiger partial charge in [0.05, 0.1) is 0 Å². The van der Waals surface area contributed by atoms with E-state index in [2.05, 4.69) is 40.8 Å². The van der Waals surface area contributed by atoms with Crippen LogP contribution in [-0.2, 0) is 5.41 Å². The molecule has 0 unspecified atom stereocenters. The lowest BCUT2D eigenvalue weighted by molar-refractivity contribution is 0.603.